The normalized spacial score (nSPS) is 21.2. The first kappa shape index (κ1) is 29.8. The second kappa shape index (κ2) is 12.8. The standard InChI is InChI=1S/C31H44N2O5/c1-19(12-21-8-7-9-24(14-21)38-6)13-29(37)27-18-32-30(33-27)25-17-23(35)15-22(25)16-28(36)26(31(3,4)5)11-10-20(2)34/h7-9,14,18-19,22-23,25-26,35H,10-13,15-17H2,1-6H3,(H,32,33)/t19?,22?,23-,25+,26?/m0/s1. The monoisotopic (exact) mass is 524 g/mol. The van der Waals surface area contributed by atoms with Crippen LogP contribution >= 0.6 is 0 Å². The van der Waals surface area contributed by atoms with Crippen LogP contribution in [0.25, 0.3) is 0 Å². The first-order valence-electron chi connectivity index (χ1n) is 13.8. The number of aromatic nitrogens is 2. The highest BCUT2D eigenvalue weighted by Crippen LogP contribution is 2.43. The van der Waals surface area contributed by atoms with E-state index in [2.05, 4.69) is 16.9 Å². The van der Waals surface area contributed by atoms with Crippen LogP contribution in [0.5, 0.6) is 5.75 Å². The van der Waals surface area contributed by atoms with Crippen LogP contribution in [-0.2, 0) is 16.0 Å². The van der Waals surface area contributed by atoms with Crippen LogP contribution in [0.15, 0.2) is 30.5 Å². The largest absolute Gasteiger partial charge is 0.497 e. The first-order chi connectivity index (χ1) is 17.9. The number of carbonyl (C=O) groups is 3. The zero-order valence-electron chi connectivity index (χ0n) is 23.8. The minimum absolute atomic E-state index is 0.0221. The Morgan fingerprint density at radius 3 is 2.61 bits per heavy atom. The van der Waals surface area contributed by atoms with Gasteiger partial charge in [-0.2, -0.15) is 0 Å². The van der Waals surface area contributed by atoms with Gasteiger partial charge in [0.2, 0.25) is 0 Å². The Labute approximate surface area is 226 Å². The van der Waals surface area contributed by atoms with E-state index in [4.69, 9.17) is 4.74 Å². The molecule has 1 saturated carbocycles. The maximum Gasteiger partial charge on any atom is 0.183 e. The fraction of sp³-hybridized carbons (Fsp3) is 0.613. The number of hydrogen-bond donors (Lipinski definition) is 2. The van der Waals surface area contributed by atoms with Crippen LogP contribution < -0.4 is 4.74 Å². The Kier molecular flexibility index (Phi) is 10.0. The number of rotatable bonds is 13. The minimum atomic E-state index is -0.504. The molecule has 0 amide bonds. The summed E-state index contributed by atoms with van der Waals surface area (Å²) in [6, 6.07) is 7.88. The molecule has 1 aliphatic rings. The fourth-order valence-corrected chi connectivity index (χ4v) is 5.85. The molecule has 1 heterocycles. The maximum absolute atomic E-state index is 13.4. The second-order valence-electron chi connectivity index (χ2n) is 12.3. The second-order valence-corrected chi connectivity index (χ2v) is 12.3. The van der Waals surface area contributed by atoms with Gasteiger partial charge in [0.05, 0.1) is 13.2 Å². The number of aromatic amines is 1. The summed E-state index contributed by atoms with van der Waals surface area (Å²) in [5.74, 6) is 1.42. The number of aliphatic hydroxyl groups is 1. The molecule has 1 aromatic carbocycles. The van der Waals surface area contributed by atoms with Crippen LogP contribution in [0.3, 0.4) is 0 Å². The number of benzene rings is 1. The molecule has 208 valence electrons. The van der Waals surface area contributed by atoms with E-state index in [1.54, 1.807) is 20.2 Å². The van der Waals surface area contributed by atoms with E-state index in [-0.39, 0.29) is 46.4 Å². The first-order valence-corrected chi connectivity index (χ1v) is 13.8. The van der Waals surface area contributed by atoms with Crippen LogP contribution in [0.1, 0.15) is 101 Å². The molecule has 2 N–H and O–H groups in total. The van der Waals surface area contributed by atoms with Gasteiger partial charge in [-0.05, 0) is 67.6 Å². The molecule has 0 bridgehead atoms. The van der Waals surface area contributed by atoms with Crippen LogP contribution in [0, 0.1) is 23.2 Å². The van der Waals surface area contributed by atoms with Gasteiger partial charge >= 0.3 is 0 Å². The summed E-state index contributed by atoms with van der Waals surface area (Å²) in [7, 11) is 1.64. The number of nitrogens with zero attached hydrogens (tertiary/aromatic N) is 1. The van der Waals surface area contributed by atoms with Crippen molar-refractivity contribution in [3.05, 3.63) is 47.5 Å². The molecule has 38 heavy (non-hydrogen) atoms. The quantitative estimate of drug-likeness (QED) is 0.325. The van der Waals surface area contributed by atoms with Crippen molar-refractivity contribution in [1.29, 1.82) is 0 Å². The van der Waals surface area contributed by atoms with Crippen molar-refractivity contribution in [3.63, 3.8) is 0 Å². The van der Waals surface area contributed by atoms with E-state index in [0.717, 1.165) is 17.7 Å². The number of carbonyl (C=O) groups excluding carboxylic acids is 3. The van der Waals surface area contributed by atoms with Crippen molar-refractivity contribution in [2.45, 2.75) is 91.6 Å². The van der Waals surface area contributed by atoms with E-state index >= 15 is 0 Å². The van der Waals surface area contributed by atoms with Crippen molar-refractivity contribution < 1.29 is 24.2 Å². The Bertz CT molecular complexity index is 1120. The lowest BCUT2D eigenvalue weighted by atomic mass is 9.73. The molecular formula is C31H44N2O5. The average Bonchev–Trinajstić information content (AvgIpc) is 3.44. The van der Waals surface area contributed by atoms with Crippen LogP contribution in [-0.4, -0.2) is 45.6 Å². The molecule has 7 heteroatoms. The lowest BCUT2D eigenvalue weighted by molar-refractivity contribution is -0.127. The molecule has 3 rings (SSSR count). The third-order valence-corrected chi connectivity index (χ3v) is 7.84. The van der Waals surface area contributed by atoms with Crippen LogP contribution in [0.2, 0.25) is 0 Å². The Morgan fingerprint density at radius 2 is 1.95 bits per heavy atom. The number of H-pyrrole nitrogens is 1. The number of imidazole rings is 1. The molecule has 0 spiro atoms. The molecule has 0 saturated heterocycles. The molecule has 0 aliphatic heterocycles. The minimum Gasteiger partial charge on any atom is -0.497 e. The van der Waals surface area contributed by atoms with Gasteiger partial charge in [-0.1, -0.05) is 39.8 Å². The highest BCUT2D eigenvalue weighted by molar-refractivity contribution is 5.94. The van der Waals surface area contributed by atoms with Gasteiger partial charge in [0.25, 0.3) is 0 Å². The van der Waals surface area contributed by atoms with Gasteiger partial charge < -0.3 is 19.6 Å². The smallest absolute Gasteiger partial charge is 0.183 e. The van der Waals surface area contributed by atoms with E-state index in [9.17, 15) is 19.5 Å². The Balaban J connectivity index is 1.65. The van der Waals surface area contributed by atoms with Gasteiger partial charge in [0.1, 0.15) is 28.8 Å². The number of hydrogen-bond acceptors (Lipinski definition) is 6. The average molecular weight is 525 g/mol. The lowest BCUT2D eigenvalue weighted by Gasteiger charge is -2.31. The summed E-state index contributed by atoms with van der Waals surface area (Å²) in [5, 5.41) is 10.5. The number of methoxy groups -OCH3 is 1. The van der Waals surface area contributed by atoms with E-state index in [1.165, 1.54) is 0 Å². The van der Waals surface area contributed by atoms with Gasteiger partial charge in [0, 0.05) is 37.3 Å². The molecule has 1 fully saturated rings. The highest BCUT2D eigenvalue weighted by Gasteiger charge is 2.40. The Morgan fingerprint density at radius 1 is 1.21 bits per heavy atom. The van der Waals surface area contributed by atoms with Crippen molar-refractivity contribution in [1.82, 2.24) is 9.97 Å². The molecule has 1 aromatic heterocycles. The predicted octanol–water partition coefficient (Wildman–Crippen LogP) is 5.72. The van der Waals surface area contributed by atoms with E-state index in [1.807, 2.05) is 45.0 Å². The number of nitrogens with one attached hydrogen (secondary N) is 1. The zero-order chi connectivity index (χ0) is 28.0. The summed E-state index contributed by atoms with van der Waals surface area (Å²) in [6.07, 6.45) is 4.61. The number of ketones is 3. The third kappa shape index (κ3) is 8.10. The lowest BCUT2D eigenvalue weighted by Crippen LogP contribution is -2.31. The van der Waals surface area contributed by atoms with Crippen molar-refractivity contribution in [2.75, 3.05) is 7.11 Å². The van der Waals surface area contributed by atoms with Gasteiger partial charge in [-0.15, -0.1) is 0 Å². The molecule has 0 radical (unpaired) electrons. The summed E-state index contributed by atoms with van der Waals surface area (Å²) in [5.41, 5.74) is 1.28. The summed E-state index contributed by atoms with van der Waals surface area (Å²) < 4.78 is 5.30. The summed E-state index contributed by atoms with van der Waals surface area (Å²) >= 11 is 0. The number of Topliss-reactive ketones (excluding diaryl/α,β-unsaturated/α-hetero) is 3. The third-order valence-electron chi connectivity index (χ3n) is 7.84. The molecule has 5 atom stereocenters. The van der Waals surface area contributed by atoms with Crippen molar-refractivity contribution >= 4 is 17.3 Å². The highest BCUT2D eigenvalue weighted by atomic mass is 16.5. The van der Waals surface area contributed by atoms with E-state index in [0.29, 0.717) is 50.0 Å². The fourth-order valence-electron chi connectivity index (χ4n) is 5.85. The summed E-state index contributed by atoms with van der Waals surface area (Å²) in [6.45, 7) is 9.73. The molecular weight excluding hydrogens is 480 g/mol. The SMILES string of the molecule is COc1cccc(CC(C)CC(=O)c2c[nH]c([C@@H]3C[C@@H](O)CC3CC(=O)C(CCC(C)=O)C(C)(C)C)n2)c1. The number of aliphatic hydroxyl groups excluding tert-OH is 1. The Hall–Kier alpha value is -2.80. The molecule has 2 aromatic rings. The molecule has 3 unspecified atom stereocenters. The molecule has 7 nitrogen and oxygen atoms in total. The maximum atomic E-state index is 13.4. The topological polar surface area (TPSA) is 109 Å². The predicted molar refractivity (Wildman–Crippen MR) is 147 cm³/mol. The van der Waals surface area contributed by atoms with Gasteiger partial charge in [-0.25, -0.2) is 4.98 Å². The zero-order valence-corrected chi connectivity index (χ0v) is 23.8. The number of ether oxygens (including phenoxy) is 1. The molecule has 1 aliphatic carbocycles. The van der Waals surface area contributed by atoms with E-state index < -0.39 is 6.10 Å². The van der Waals surface area contributed by atoms with Gasteiger partial charge in [0.15, 0.2) is 5.78 Å². The van der Waals surface area contributed by atoms with Crippen molar-refractivity contribution in [2.24, 2.45) is 23.2 Å². The van der Waals surface area contributed by atoms with Gasteiger partial charge in [-0.3, -0.25) is 9.59 Å². The summed E-state index contributed by atoms with van der Waals surface area (Å²) in [4.78, 5) is 45.8. The van der Waals surface area contributed by atoms with Crippen molar-refractivity contribution in [3.8, 4) is 5.75 Å². The van der Waals surface area contributed by atoms with Crippen LogP contribution in [0.4, 0.5) is 0 Å².